The number of allylic oxidation sites excluding steroid dienone is 4. The Morgan fingerprint density at radius 2 is 2.10 bits per heavy atom. The number of aromatic nitrogens is 2. The fourth-order valence-electron chi connectivity index (χ4n) is 3.68. The Bertz CT molecular complexity index is 1010. The van der Waals surface area contributed by atoms with Gasteiger partial charge in [-0.05, 0) is 56.7 Å². The third kappa shape index (κ3) is 5.08. The first-order chi connectivity index (χ1) is 14.4. The zero-order valence-electron chi connectivity index (χ0n) is 18.2. The van der Waals surface area contributed by atoms with Crippen LogP contribution in [0.2, 0.25) is 0 Å². The molecule has 3 N–H and O–H groups in total. The Balaban J connectivity index is 1.59. The highest BCUT2D eigenvalue weighted by Crippen LogP contribution is 2.21. The Kier molecular flexibility index (Phi) is 7.26. The molecule has 0 saturated carbocycles. The average Bonchev–Trinajstić information content (AvgIpc) is 2.90. The van der Waals surface area contributed by atoms with Crippen molar-refractivity contribution in [2.75, 3.05) is 24.6 Å². The molecule has 0 unspecified atom stereocenters. The molecule has 3 rings (SSSR count). The van der Waals surface area contributed by atoms with Gasteiger partial charge < -0.3 is 20.5 Å². The SMILES string of the molecule is CCN(CC)C1=CC(C)=C(NC(=O)SCCc2nc3cc(N)ccc3n2C)C=CC1. The molecule has 0 atom stereocenters. The van der Waals surface area contributed by atoms with Crippen LogP contribution in [-0.2, 0) is 13.5 Å². The number of nitrogen functional groups attached to an aromatic ring is 1. The van der Waals surface area contributed by atoms with Gasteiger partial charge in [-0.2, -0.15) is 0 Å². The molecular formula is C23H31N5OS. The lowest BCUT2D eigenvalue weighted by Crippen LogP contribution is -2.22. The van der Waals surface area contributed by atoms with Crippen molar-refractivity contribution < 1.29 is 4.79 Å². The van der Waals surface area contributed by atoms with Crippen LogP contribution in [0.4, 0.5) is 10.5 Å². The summed E-state index contributed by atoms with van der Waals surface area (Å²) in [7, 11) is 2.00. The normalized spacial score (nSPS) is 14.1. The molecule has 1 amide bonds. The van der Waals surface area contributed by atoms with Crippen LogP contribution < -0.4 is 11.1 Å². The molecule has 2 aromatic rings. The van der Waals surface area contributed by atoms with Crippen molar-refractivity contribution in [2.24, 2.45) is 7.05 Å². The number of anilines is 1. The Morgan fingerprint density at radius 1 is 1.33 bits per heavy atom. The van der Waals surface area contributed by atoms with Gasteiger partial charge in [-0.15, -0.1) is 0 Å². The van der Waals surface area contributed by atoms with Crippen LogP contribution >= 0.6 is 11.8 Å². The van der Waals surface area contributed by atoms with E-state index in [9.17, 15) is 4.79 Å². The standard InChI is InChI=1S/C23H31N5OS/c1-5-28(6-2)18-8-7-9-19(16(3)14-18)26-23(29)30-13-12-22-25-20-15-17(24)10-11-21(20)27(22)4/h7,9-11,14-15H,5-6,8,12-13,24H2,1-4H3,(H,26,29). The number of nitrogens with two attached hydrogens (primary N) is 1. The summed E-state index contributed by atoms with van der Waals surface area (Å²) in [5.41, 5.74) is 11.7. The number of hydrogen-bond donors (Lipinski definition) is 2. The average molecular weight is 426 g/mol. The topological polar surface area (TPSA) is 76.2 Å². The first-order valence-electron chi connectivity index (χ1n) is 10.4. The molecule has 1 aromatic heterocycles. The maximum Gasteiger partial charge on any atom is 0.283 e. The number of hydrogen-bond acceptors (Lipinski definition) is 5. The summed E-state index contributed by atoms with van der Waals surface area (Å²) in [5, 5.41) is 3.00. The van der Waals surface area contributed by atoms with Crippen molar-refractivity contribution in [3.05, 3.63) is 59.2 Å². The van der Waals surface area contributed by atoms with Crippen LogP contribution in [0.15, 0.2) is 53.4 Å². The van der Waals surface area contributed by atoms with Crippen molar-refractivity contribution in [1.82, 2.24) is 19.8 Å². The quantitative estimate of drug-likeness (QED) is 0.634. The number of rotatable bonds is 7. The molecule has 1 aromatic carbocycles. The first-order valence-corrected chi connectivity index (χ1v) is 11.4. The summed E-state index contributed by atoms with van der Waals surface area (Å²) < 4.78 is 2.06. The van der Waals surface area contributed by atoms with Crippen molar-refractivity contribution >= 4 is 33.7 Å². The second-order valence-corrected chi connectivity index (χ2v) is 8.42. The molecular weight excluding hydrogens is 394 g/mol. The van der Waals surface area contributed by atoms with Gasteiger partial charge in [0.05, 0.1) is 11.0 Å². The lowest BCUT2D eigenvalue weighted by atomic mass is 10.2. The molecule has 0 spiro atoms. The van der Waals surface area contributed by atoms with Crippen LogP contribution in [0.5, 0.6) is 0 Å². The lowest BCUT2D eigenvalue weighted by Gasteiger charge is -2.23. The van der Waals surface area contributed by atoms with Crippen LogP contribution in [0.25, 0.3) is 11.0 Å². The summed E-state index contributed by atoms with van der Waals surface area (Å²) in [4.78, 5) is 19.5. The maximum atomic E-state index is 12.5. The van der Waals surface area contributed by atoms with E-state index in [2.05, 4.69) is 45.8 Å². The highest BCUT2D eigenvalue weighted by molar-refractivity contribution is 8.13. The van der Waals surface area contributed by atoms with Gasteiger partial charge in [-0.1, -0.05) is 17.8 Å². The molecule has 1 aliphatic rings. The largest absolute Gasteiger partial charge is 0.399 e. The number of imidazole rings is 1. The molecule has 160 valence electrons. The third-order valence-corrected chi connectivity index (χ3v) is 6.15. The monoisotopic (exact) mass is 425 g/mol. The van der Waals surface area contributed by atoms with Crippen molar-refractivity contribution in [3.63, 3.8) is 0 Å². The number of benzene rings is 1. The number of fused-ring (bicyclic) bond motifs is 1. The molecule has 0 saturated heterocycles. The van der Waals surface area contributed by atoms with E-state index < -0.39 is 0 Å². The number of thioether (sulfide) groups is 1. The van der Waals surface area contributed by atoms with E-state index >= 15 is 0 Å². The molecule has 1 heterocycles. The Hall–Kier alpha value is -2.67. The zero-order chi connectivity index (χ0) is 21.7. The predicted octanol–water partition coefficient (Wildman–Crippen LogP) is 4.60. The lowest BCUT2D eigenvalue weighted by molar-refractivity contribution is 0.263. The van der Waals surface area contributed by atoms with Gasteiger partial charge in [0.1, 0.15) is 5.82 Å². The summed E-state index contributed by atoms with van der Waals surface area (Å²) in [5.74, 6) is 1.61. The van der Waals surface area contributed by atoms with Crippen LogP contribution in [0.1, 0.15) is 33.0 Å². The van der Waals surface area contributed by atoms with Crippen LogP contribution in [0.3, 0.4) is 0 Å². The van der Waals surface area contributed by atoms with Gasteiger partial charge in [0.25, 0.3) is 5.24 Å². The molecule has 1 aliphatic carbocycles. The number of carbonyl (C=O) groups excluding carboxylic acids is 1. The summed E-state index contributed by atoms with van der Waals surface area (Å²) in [6, 6.07) is 5.74. The number of aryl methyl sites for hydroxylation is 2. The van der Waals surface area contributed by atoms with Gasteiger partial charge in [-0.25, -0.2) is 4.98 Å². The summed E-state index contributed by atoms with van der Waals surface area (Å²) in [6.45, 7) is 8.34. The van der Waals surface area contributed by atoms with Crippen molar-refractivity contribution in [1.29, 1.82) is 0 Å². The zero-order valence-corrected chi connectivity index (χ0v) is 19.1. The molecule has 0 bridgehead atoms. The highest BCUT2D eigenvalue weighted by Gasteiger charge is 2.13. The molecule has 6 nitrogen and oxygen atoms in total. The first kappa shape index (κ1) is 22.0. The Morgan fingerprint density at radius 3 is 2.83 bits per heavy atom. The molecule has 0 radical (unpaired) electrons. The second-order valence-electron chi connectivity index (χ2n) is 7.36. The van der Waals surface area contributed by atoms with Gasteiger partial charge in [0, 0.05) is 55.8 Å². The van der Waals surface area contributed by atoms with Gasteiger partial charge >= 0.3 is 0 Å². The maximum absolute atomic E-state index is 12.5. The van der Waals surface area contributed by atoms with E-state index in [0.29, 0.717) is 17.9 Å². The predicted molar refractivity (Wildman–Crippen MR) is 127 cm³/mol. The van der Waals surface area contributed by atoms with Crippen LogP contribution in [0, 0.1) is 0 Å². The van der Waals surface area contributed by atoms with E-state index in [4.69, 9.17) is 5.73 Å². The number of carbonyl (C=O) groups is 1. The fourth-order valence-corrected chi connectivity index (χ4v) is 4.33. The number of amides is 1. The highest BCUT2D eigenvalue weighted by atomic mass is 32.2. The molecule has 7 heteroatoms. The fraction of sp³-hybridized carbons (Fsp3) is 0.391. The smallest absolute Gasteiger partial charge is 0.283 e. The number of nitrogens with zero attached hydrogens (tertiary/aromatic N) is 3. The third-order valence-electron chi connectivity index (χ3n) is 5.38. The number of nitrogens with one attached hydrogen (secondary N) is 1. The van der Waals surface area contributed by atoms with Gasteiger partial charge in [-0.3, -0.25) is 4.79 Å². The van der Waals surface area contributed by atoms with E-state index in [1.807, 2.05) is 38.2 Å². The van der Waals surface area contributed by atoms with E-state index in [0.717, 1.165) is 47.6 Å². The van der Waals surface area contributed by atoms with Gasteiger partial charge in [0.2, 0.25) is 0 Å². The minimum absolute atomic E-state index is 0.0447. The molecule has 0 aliphatic heterocycles. The summed E-state index contributed by atoms with van der Waals surface area (Å²) >= 11 is 1.28. The second kappa shape index (κ2) is 9.89. The Labute approximate surface area is 182 Å². The molecule has 30 heavy (non-hydrogen) atoms. The minimum Gasteiger partial charge on any atom is -0.399 e. The van der Waals surface area contributed by atoms with Crippen LogP contribution in [-0.4, -0.2) is 38.5 Å². The van der Waals surface area contributed by atoms with E-state index in [1.165, 1.54) is 17.5 Å². The minimum atomic E-state index is -0.0447. The molecule has 0 fully saturated rings. The van der Waals surface area contributed by atoms with E-state index in [1.54, 1.807) is 0 Å². The van der Waals surface area contributed by atoms with Crippen molar-refractivity contribution in [2.45, 2.75) is 33.6 Å². The van der Waals surface area contributed by atoms with Gasteiger partial charge in [0.15, 0.2) is 0 Å². The van der Waals surface area contributed by atoms with E-state index in [-0.39, 0.29) is 5.24 Å². The summed E-state index contributed by atoms with van der Waals surface area (Å²) in [6.07, 6.45) is 7.90. The van der Waals surface area contributed by atoms with Crippen molar-refractivity contribution in [3.8, 4) is 0 Å².